The van der Waals surface area contributed by atoms with Gasteiger partial charge in [0.1, 0.15) is 0 Å². The van der Waals surface area contributed by atoms with Gasteiger partial charge in [0.15, 0.2) is 17.5 Å². The van der Waals surface area contributed by atoms with Crippen molar-refractivity contribution in [1.82, 2.24) is 25.5 Å². The number of rotatable bonds is 4. The maximum atomic E-state index is 4.80. The van der Waals surface area contributed by atoms with Crippen molar-refractivity contribution in [2.24, 2.45) is 0 Å². The fourth-order valence-electron chi connectivity index (χ4n) is 3.20. The fourth-order valence-corrected chi connectivity index (χ4v) is 3.20. The lowest BCUT2D eigenvalue weighted by Gasteiger charge is -2.20. The molecule has 28 heavy (non-hydrogen) atoms. The molecular weight excluding hydrogens is 352 g/mol. The van der Waals surface area contributed by atoms with Gasteiger partial charge < -0.3 is 4.90 Å². The highest BCUT2D eigenvalue weighted by atomic mass is 15.7. The zero-order chi connectivity index (χ0) is 18.9. The predicted octanol–water partition coefficient (Wildman–Crippen LogP) is 3.04. The van der Waals surface area contributed by atoms with E-state index in [4.69, 9.17) is 4.98 Å². The average molecular weight is 370 g/mol. The van der Waals surface area contributed by atoms with Gasteiger partial charge in [0, 0.05) is 36.7 Å². The Labute approximate surface area is 161 Å². The van der Waals surface area contributed by atoms with Crippen molar-refractivity contribution in [2.45, 2.75) is 6.54 Å². The second kappa shape index (κ2) is 6.75. The number of benzene rings is 1. The van der Waals surface area contributed by atoms with E-state index < -0.39 is 0 Å². The molecule has 0 bridgehead atoms. The maximum absolute atomic E-state index is 4.80. The third kappa shape index (κ3) is 2.95. The van der Waals surface area contributed by atoms with Crippen LogP contribution in [0.3, 0.4) is 0 Å². The largest absolute Gasteiger partial charge is 0.328 e. The van der Waals surface area contributed by atoms with E-state index in [0.717, 1.165) is 33.8 Å². The lowest BCUT2D eigenvalue weighted by molar-refractivity contribution is 0.717. The normalized spacial score (nSPS) is 12.7. The van der Waals surface area contributed by atoms with Crippen LogP contribution >= 0.6 is 0 Å². The van der Waals surface area contributed by atoms with E-state index in [1.54, 1.807) is 24.8 Å². The van der Waals surface area contributed by atoms with Crippen LogP contribution in [0.5, 0.6) is 0 Å². The quantitative estimate of drug-likeness (QED) is 0.567. The summed E-state index contributed by atoms with van der Waals surface area (Å²) < 4.78 is 0. The third-order valence-electron chi connectivity index (χ3n) is 4.71. The molecule has 0 amide bonds. The molecule has 4 aromatic rings. The first-order chi connectivity index (χ1) is 13.8. The molecule has 0 saturated carbocycles. The van der Waals surface area contributed by atoms with Crippen LogP contribution < -0.4 is 20.9 Å². The number of anilines is 4. The Morgan fingerprint density at radius 3 is 2.82 bits per heavy atom. The molecule has 4 heterocycles. The lowest BCUT2D eigenvalue weighted by atomic mass is 10.1. The summed E-state index contributed by atoms with van der Waals surface area (Å²) in [5, 5.41) is 3.06. The van der Waals surface area contributed by atoms with Gasteiger partial charge in [-0.15, -0.1) is 5.53 Å². The van der Waals surface area contributed by atoms with Gasteiger partial charge >= 0.3 is 0 Å². The van der Waals surface area contributed by atoms with Gasteiger partial charge in [0.2, 0.25) is 0 Å². The molecule has 0 saturated heterocycles. The summed E-state index contributed by atoms with van der Waals surface area (Å²) in [6, 6.07) is 14.1. The number of fused-ring (bicyclic) bond motifs is 2. The summed E-state index contributed by atoms with van der Waals surface area (Å²) in [6.45, 7) is 0.641. The molecule has 1 aromatic carbocycles. The van der Waals surface area contributed by atoms with Crippen molar-refractivity contribution in [2.75, 3.05) is 22.4 Å². The highest BCUT2D eigenvalue weighted by Crippen LogP contribution is 2.30. The predicted molar refractivity (Wildman–Crippen MR) is 109 cm³/mol. The first-order valence-corrected chi connectivity index (χ1v) is 8.91. The molecule has 5 rings (SSSR count). The topological polar surface area (TPSA) is 82.1 Å². The van der Waals surface area contributed by atoms with Gasteiger partial charge in [-0.2, -0.15) is 0 Å². The number of nitrogens with zero attached hydrogens (tertiary/aromatic N) is 6. The van der Waals surface area contributed by atoms with Crippen molar-refractivity contribution >= 4 is 34.0 Å². The number of pyridine rings is 2. The molecule has 8 nitrogen and oxygen atoms in total. The van der Waals surface area contributed by atoms with Gasteiger partial charge in [0.25, 0.3) is 0 Å². The third-order valence-corrected chi connectivity index (χ3v) is 4.71. The van der Waals surface area contributed by atoms with Crippen molar-refractivity contribution < 1.29 is 0 Å². The molecule has 0 unspecified atom stereocenters. The molecular formula is C20H18N8. The molecule has 3 aromatic heterocycles. The summed E-state index contributed by atoms with van der Waals surface area (Å²) in [4.78, 5) is 19.7. The van der Waals surface area contributed by atoms with E-state index >= 15 is 0 Å². The Bertz CT molecular complexity index is 1130. The smallest absolute Gasteiger partial charge is 0.191 e. The van der Waals surface area contributed by atoms with Crippen molar-refractivity contribution in [1.29, 1.82) is 0 Å². The van der Waals surface area contributed by atoms with Crippen molar-refractivity contribution in [3.63, 3.8) is 0 Å². The van der Waals surface area contributed by atoms with E-state index in [0.29, 0.717) is 12.4 Å². The maximum Gasteiger partial charge on any atom is 0.191 e. The lowest BCUT2D eigenvalue weighted by Crippen LogP contribution is -2.35. The molecule has 0 aliphatic carbocycles. The Morgan fingerprint density at radius 2 is 1.93 bits per heavy atom. The second-order valence-electron chi connectivity index (χ2n) is 6.52. The average Bonchev–Trinajstić information content (AvgIpc) is 3.16. The highest BCUT2D eigenvalue weighted by Gasteiger charge is 2.23. The summed E-state index contributed by atoms with van der Waals surface area (Å²) >= 11 is 0. The summed E-state index contributed by atoms with van der Waals surface area (Å²) in [6.07, 6.45) is 7.08. The highest BCUT2D eigenvalue weighted by molar-refractivity contribution is 5.79. The molecule has 0 radical (unpaired) electrons. The van der Waals surface area contributed by atoms with Crippen LogP contribution in [0.15, 0.2) is 67.3 Å². The zero-order valence-electron chi connectivity index (χ0n) is 15.2. The first kappa shape index (κ1) is 16.4. The first-order valence-electron chi connectivity index (χ1n) is 8.91. The van der Waals surface area contributed by atoms with Crippen LogP contribution in [0.1, 0.15) is 5.56 Å². The van der Waals surface area contributed by atoms with E-state index in [-0.39, 0.29) is 0 Å². The molecule has 0 spiro atoms. The van der Waals surface area contributed by atoms with Gasteiger partial charge in [0.05, 0.1) is 18.3 Å². The number of hydrogen-bond donors (Lipinski definition) is 2. The fraction of sp³-hybridized carbons (Fsp3) is 0.100. The minimum absolute atomic E-state index is 0.641. The number of hydrogen-bond acceptors (Lipinski definition) is 8. The molecule has 0 atom stereocenters. The van der Waals surface area contributed by atoms with Crippen LogP contribution in [0.4, 0.5) is 23.1 Å². The van der Waals surface area contributed by atoms with Gasteiger partial charge in [-0.05, 0) is 35.9 Å². The van der Waals surface area contributed by atoms with E-state index in [1.165, 1.54) is 0 Å². The SMILES string of the molecule is CN(c1ccncc1)c1cnc2c(n1)N(Cc1ccc3ncccc3c1)NN2. The molecule has 1 aliphatic rings. The summed E-state index contributed by atoms with van der Waals surface area (Å²) in [7, 11) is 1.96. The molecule has 138 valence electrons. The number of hydrazine groups is 2. The van der Waals surface area contributed by atoms with E-state index in [1.807, 2.05) is 41.2 Å². The summed E-state index contributed by atoms with van der Waals surface area (Å²) in [5.41, 5.74) is 9.35. The molecule has 0 fully saturated rings. The van der Waals surface area contributed by atoms with Crippen LogP contribution in [0.25, 0.3) is 10.9 Å². The molecule has 2 N–H and O–H groups in total. The van der Waals surface area contributed by atoms with E-state index in [9.17, 15) is 0 Å². The van der Waals surface area contributed by atoms with Crippen molar-refractivity contribution in [3.8, 4) is 0 Å². The molecule has 8 heteroatoms. The number of nitrogens with one attached hydrogen (secondary N) is 2. The Balaban J connectivity index is 1.43. The van der Waals surface area contributed by atoms with Crippen LogP contribution in [-0.4, -0.2) is 27.0 Å². The summed E-state index contributed by atoms with van der Waals surface area (Å²) in [5.74, 6) is 2.21. The molecule has 1 aliphatic heterocycles. The minimum Gasteiger partial charge on any atom is -0.328 e. The number of aromatic nitrogens is 4. The Kier molecular flexibility index (Phi) is 3.95. The van der Waals surface area contributed by atoms with Crippen LogP contribution in [0, 0.1) is 0 Å². The van der Waals surface area contributed by atoms with Gasteiger partial charge in [-0.3, -0.25) is 20.4 Å². The zero-order valence-corrected chi connectivity index (χ0v) is 15.2. The van der Waals surface area contributed by atoms with Gasteiger partial charge in [-0.1, -0.05) is 12.1 Å². The standard InChI is InChI=1S/C20H18N8/c1-27(16-6-9-21-10-7-16)18-12-23-19-20(24-18)28(26-25-19)13-14-4-5-17-15(11-14)3-2-8-22-17/h2-12,26H,13H2,1H3,(H,23,25). The van der Waals surface area contributed by atoms with Gasteiger partial charge in [-0.25, -0.2) is 9.97 Å². The Hall–Kier alpha value is -3.78. The van der Waals surface area contributed by atoms with E-state index in [2.05, 4.69) is 44.1 Å². The Morgan fingerprint density at radius 1 is 1.04 bits per heavy atom. The van der Waals surface area contributed by atoms with Crippen LogP contribution in [-0.2, 0) is 6.54 Å². The van der Waals surface area contributed by atoms with Crippen molar-refractivity contribution in [3.05, 3.63) is 72.8 Å². The van der Waals surface area contributed by atoms with Crippen LogP contribution in [0.2, 0.25) is 0 Å². The second-order valence-corrected chi connectivity index (χ2v) is 6.52. The minimum atomic E-state index is 0.641. The monoisotopic (exact) mass is 370 g/mol.